The molecule has 1 fully saturated rings. The van der Waals surface area contributed by atoms with Crippen LogP contribution < -0.4 is 10.6 Å². The molecule has 2 N–H and O–H groups in total. The van der Waals surface area contributed by atoms with Crippen molar-refractivity contribution in [1.29, 1.82) is 5.26 Å². The third-order valence-corrected chi connectivity index (χ3v) is 3.44. The molecule has 18 heavy (non-hydrogen) atoms. The Balaban J connectivity index is 1.76. The molecule has 0 aromatic heterocycles. The van der Waals surface area contributed by atoms with E-state index in [0.717, 1.165) is 23.0 Å². The van der Waals surface area contributed by atoms with Crippen LogP contribution in [0.3, 0.4) is 0 Å². The van der Waals surface area contributed by atoms with Crippen LogP contribution in [0.4, 0.5) is 5.69 Å². The standard InChI is InChI=1S/C13H14BrN3O/c14-11-7-9(8-15)1-4-12(11)16-5-6-17-13(18)10-2-3-10/h1,4,7,10,16H,2-3,5-6H2,(H,17,18). The van der Waals surface area contributed by atoms with Gasteiger partial charge in [0, 0.05) is 29.2 Å². The van der Waals surface area contributed by atoms with Crippen molar-refractivity contribution in [2.45, 2.75) is 12.8 Å². The van der Waals surface area contributed by atoms with Gasteiger partial charge >= 0.3 is 0 Å². The summed E-state index contributed by atoms with van der Waals surface area (Å²) < 4.78 is 0.857. The van der Waals surface area contributed by atoms with Crippen LogP contribution in [-0.4, -0.2) is 19.0 Å². The van der Waals surface area contributed by atoms with Gasteiger partial charge in [0.2, 0.25) is 5.91 Å². The second-order valence-electron chi connectivity index (χ2n) is 4.30. The average molecular weight is 308 g/mol. The topological polar surface area (TPSA) is 64.9 Å². The van der Waals surface area contributed by atoms with Gasteiger partial charge in [0.05, 0.1) is 11.6 Å². The van der Waals surface area contributed by atoms with E-state index >= 15 is 0 Å². The van der Waals surface area contributed by atoms with Gasteiger partial charge in [-0.3, -0.25) is 4.79 Å². The summed E-state index contributed by atoms with van der Waals surface area (Å²) in [6, 6.07) is 7.46. The van der Waals surface area contributed by atoms with E-state index in [2.05, 4.69) is 32.6 Å². The lowest BCUT2D eigenvalue weighted by Gasteiger charge is -2.09. The van der Waals surface area contributed by atoms with E-state index in [1.807, 2.05) is 6.07 Å². The third kappa shape index (κ3) is 3.47. The molecule has 5 heteroatoms. The van der Waals surface area contributed by atoms with Gasteiger partial charge < -0.3 is 10.6 Å². The minimum Gasteiger partial charge on any atom is -0.382 e. The van der Waals surface area contributed by atoms with Crippen molar-refractivity contribution in [2.24, 2.45) is 5.92 Å². The van der Waals surface area contributed by atoms with Crippen molar-refractivity contribution in [3.8, 4) is 6.07 Å². The average Bonchev–Trinajstić information content (AvgIpc) is 3.20. The smallest absolute Gasteiger partial charge is 0.223 e. The number of halogens is 1. The van der Waals surface area contributed by atoms with Gasteiger partial charge in [-0.05, 0) is 47.0 Å². The van der Waals surface area contributed by atoms with Crippen LogP contribution in [0.1, 0.15) is 18.4 Å². The summed E-state index contributed by atoms with van der Waals surface area (Å²) in [7, 11) is 0. The van der Waals surface area contributed by atoms with Gasteiger partial charge in [-0.25, -0.2) is 0 Å². The zero-order chi connectivity index (χ0) is 13.0. The highest BCUT2D eigenvalue weighted by Crippen LogP contribution is 2.28. The Hall–Kier alpha value is -1.54. The van der Waals surface area contributed by atoms with Crippen molar-refractivity contribution in [3.63, 3.8) is 0 Å². The third-order valence-electron chi connectivity index (χ3n) is 2.79. The normalized spacial score (nSPS) is 13.8. The SMILES string of the molecule is N#Cc1ccc(NCCNC(=O)C2CC2)c(Br)c1. The van der Waals surface area contributed by atoms with Gasteiger partial charge in [0.25, 0.3) is 0 Å². The monoisotopic (exact) mass is 307 g/mol. The summed E-state index contributed by atoms with van der Waals surface area (Å²) in [6.07, 6.45) is 2.06. The van der Waals surface area contributed by atoms with E-state index < -0.39 is 0 Å². The lowest BCUT2D eigenvalue weighted by Crippen LogP contribution is -2.29. The first-order valence-corrected chi connectivity index (χ1v) is 6.71. The van der Waals surface area contributed by atoms with E-state index in [9.17, 15) is 4.79 Å². The summed E-state index contributed by atoms with van der Waals surface area (Å²) in [4.78, 5) is 11.4. The number of hydrogen-bond acceptors (Lipinski definition) is 3. The van der Waals surface area contributed by atoms with Crippen LogP contribution in [0.2, 0.25) is 0 Å². The summed E-state index contributed by atoms with van der Waals surface area (Å²) in [6.45, 7) is 1.28. The fraction of sp³-hybridized carbons (Fsp3) is 0.385. The van der Waals surface area contributed by atoms with Crippen LogP contribution >= 0.6 is 15.9 Å². The summed E-state index contributed by atoms with van der Waals surface area (Å²) in [5.74, 6) is 0.419. The van der Waals surface area contributed by atoms with Crippen molar-refractivity contribution in [1.82, 2.24) is 5.32 Å². The zero-order valence-electron chi connectivity index (χ0n) is 9.87. The molecule has 0 radical (unpaired) electrons. The molecule has 0 saturated heterocycles. The Labute approximate surface area is 115 Å². The molecule has 1 aliphatic carbocycles. The number of nitrogens with zero attached hydrogens (tertiary/aromatic N) is 1. The van der Waals surface area contributed by atoms with E-state index in [-0.39, 0.29) is 11.8 Å². The van der Waals surface area contributed by atoms with Crippen molar-refractivity contribution in [3.05, 3.63) is 28.2 Å². The van der Waals surface area contributed by atoms with Crippen LogP contribution in [0.5, 0.6) is 0 Å². The number of carbonyl (C=O) groups excluding carboxylic acids is 1. The minimum atomic E-state index is 0.163. The van der Waals surface area contributed by atoms with E-state index in [0.29, 0.717) is 18.7 Å². The maximum atomic E-state index is 11.4. The van der Waals surface area contributed by atoms with Gasteiger partial charge in [0.15, 0.2) is 0 Å². The molecule has 0 atom stereocenters. The highest BCUT2D eigenvalue weighted by atomic mass is 79.9. The Morgan fingerprint density at radius 1 is 1.44 bits per heavy atom. The number of hydrogen-bond donors (Lipinski definition) is 2. The second-order valence-corrected chi connectivity index (χ2v) is 5.15. The van der Waals surface area contributed by atoms with Crippen LogP contribution in [-0.2, 0) is 4.79 Å². The highest BCUT2D eigenvalue weighted by molar-refractivity contribution is 9.10. The number of carbonyl (C=O) groups is 1. The predicted octanol–water partition coefficient (Wildman–Crippen LogP) is 2.26. The molecule has 0 aliphatic heterocycles. The molecule has 1 saturated carbocycles. The fourth-order valence-corrected chi connectivity index (χ4v) is 2.12. The van der Waals surface area contributed by atoms with Crippen LogP contribution in [0.25, 0.3) is 0 Å². The van der Waals surface area contributed by atoms with Crippen LogP contribution in [0, 0.1) is 17.2 Å². The number of anilines is 1. The second kappa shape index (κ2) is 5.87. The Bertz CT molecular complexity index is 491. The molecule has 1 aromatic carbocycles. The highest BCUT2D eigenvalue weighted by Gasteiger charge is 2.28. The van der Waals surface area contributed by atoms with Crippen molar-refractivity contribution < 1.29 is 4.79 Å². The lowest BCUT2D eigenvalue weighted by molar-refractivity contribution is -0.122. The summed E-state index contributed by atoms with van der Waals surface area (Å²) in [5, 5.41) is 14.8. The van der Waals surface area contributed by atoms with Gasteiger partial charge in [-0.2, -0.15) is 5.26 Å². The summed E-state index contributed by atoms with van der Waals surface area (Å²) in [5.41, 5.74) is 1.55. The van der Waals surface area contributed by atoms with Gasteiger partial charge in [0.1, 0.15) is 0 Å². The van der Waals surface area contributed by atoms with Crippen molar-refractivity contribution in [2.75, 3.05) is 18.4 Å². The Morgan fingerprint density at radius 3 is 2.83 bits per heavy atom. The maximum Gasteiger partial charge on any atom is 0.223 e. The Morgan fingerprint density at radius 2 is 2.22 bits per heavy atom. The van der Waals surface area contributed by atoms with E-state index in [1.165, 1.54) is 0 Å². The molecule has 2 rings (SSSR count). The summed E-state index contributed by atoms with van der Waals surface area (Å²) >= 11 is 3.40. The molecule has 4 nitrogen and oxygen atoms in total. The molecule has 0 spiro atoms. The van der Waals surface area contributed by atoms with Crippen molar-refractivity contribution >= 4 is 27.5 Å². The molecule has 1 aliphatic rings. The number of nitrogens with one attached hydrogen (secondary N) is 2. The number of benzene rings is 1. The molecule has 0 unspecified atom stereocenters. The number of amides is 1. The van der Waals surface area contributed by atoms with Gasteiger partial charge in [-0.1, -0.05) is 0 Å². The first-order chi connectivity index (χ1) is 8.70. The zero-order valence-corrected chi connectivity index (χ0v) is 11.5. The predicted molar refractivity (Wildman–Crippen MR) is 73.1 cm³/mol. The number of nitriles is 1. The van der Waals surface area contributed by atoms with Crippen LogP contribution in [0.15, 0.2) is 22.7 Å². The first-order valence-electron chi connectivity index (χ1n) is 5.92. The molecule has 0 heterocycles. The molecule has 1 aromatic rings. The largest absolute Gasteiger partial charge is 0.382 e. The molecular formula is C13H14BrN3O. The minimum absolute atomic E-state index is 0.163. The number of rotatable bonds is 5. The molecule has 0 bridgehead atoms. The molecular weight excluding hydrogens is 294 g/mol. The Kier molecular flexibility index (Phi) is 4.21. The van der Waals surface area contributed by atoms with E-state index in [1.54, 1.807) is 12.1 Å². The van der Waals surface area contributed by atoms with E-state index in [4.69, 9.17) is 5.26 Å². The lowest BCUT2D eigenvalue weighted by atomic mass is 10.2. The quantitative estimate of drug-likeness (QED) is 0.820. The van der Waals surface area contributed by atoms with Gasteiger partial charge in [-0.15, -0.1) is 0 Å². The fourth-order valence-electron chi connectivity index (χ4n) is 1.60. The molecule has 1 amide bonds. The first kappa shape index (κ1) is 12.9. The maximum absolute atomic E-state index is 11.4. The molecule has 94 valence electrons.